The van der Waals surface area contributed by atoms with Gasteiger partial charge in [0.25, 0.3) is 0 Å². The van der Waals surface area contributed by atoms with Crippen LogP contribution in [0.2, 0.25) is 0 Å². The van der Waals surface area contributed by atoms with Gasteiger partial charge >= 0.3 is 0 Å². The van der Waals surface area contributed by atoms with Gasteiger partial charge in [-0.2, -0.15) is 0 Å². The highest BCUT2D eigenvalue weighted by atomic mass is 16.2. The summed E-state index contributed by atoms with van der Waals surface area (Å²) in [6, 6.07) is 0.238. The molecule has 0 aromatic rings. The van der Waals surface area contributed by atoms with E-state index in [1.54, 1.807) is 0 Å². The lowest BCUT2D eigenvalue weighted by atomic mass is 9.98. The molecule has 2 rings (SSSR count). The molecule has 0 bridgehead atoms. The average molecular weight is 168 g/mol. The van der Waals surface area contributed by atoms with Crippen LogP contribution in [0.5, 0.6) is 0 Å². The Balaban J connectivity index is 1.93. The highest BCUT2D eigenvalue weighted by Crippen LogP contribution is 2.50. The Kier molecular flexibility index (Phi) is 1.65. The summed E-state index contributed by atoms with van der Waals surface area (Å²) in [5, 5.41) is 0. The first kappa shape index (κ1) is 8.05. The topological polar surface area (TPSA) is 46.3 Å². The summed E-state index contributed by atoms with van der Waals surface area (Å²) in [5.74, 6) is 0.353. The van der Waals surface area contributed by atoms with Crippen molar-refractivity contribution in [1.29, 1.82) is 0 Å². The molecule has 0 atom stereocenters. The maximum Gasteiger partial charge on any atom is 0.228 e. The molecule has 1 saturated carbocycles. The molecule has 12 heavy (non-hydrogen) atoms. The second-order valence-corrected chi connectivity index (χ2v) is 4.10. The van der Waals surface area contributed by atoms with Crippen LogP contribution in [0.4, 0.5) is 0 Å². The van der Waals surface area contributed by atoms with E-state index in [1.807, 2.05) is 4.90 Å². The van der Waals surface area contributed by atoms with Crippen molar-refractivity contribution in [3.8, 4) is 0 Å². The average Bonchev–Trinajstić information content (AvgIpc) is 2.78. The van der Waals surface area contributed by atoms with E-state index in [1.165, 1.54) is 0 Å². The normalized spacial score (nSPS) is 26.7. The lowest BCUT2D eigenvalue weighted by molar-refractivity contribution is -0.141. The summed E-state index contributed by atoms with van der Waals surface area (Å²) < 4.78 is 0. The predicted molar refractivity (Wildman–Crippen MR) is 46.5 cm³/mol. The minimum Gasteiger partial charge on any atom is -0.339 e. The second kappa shape index (κ2) is 2.46. The van der Waals surface area contributed by atoms with Crippen molar-refractivity contribution >= 4 is 5.91 Å². The molecule has 3 nitrogen and oxygen atoms in total. The van der Waals surface area contributed by atoms with Gasteiger partial charge in [0.05, 0.1) is 0 Å². The smallest absolute Gasteiger partial charge is 0.228 e. The number of carbonyl (C=O) groups excluding carboxylic acids is 1. The Labute approximate surface area is 72.9 Å². The quantitative estimate of drug-likeness (QED) is 0.646. The standard InChI is InChI=1S/C9H16N2O/c1-2-9(3-4-9)8(12)11-5-7(10)6-11/h7H,2-6,10H2,1H3. The number of hydrogen-bond donors (Lipinski definition) is 1. The number of nitrogens with two attached hydrogens (primary N) is 1. The minimum atomic E-state index is 0.0418. The monoisotopic (exact) mass is 168 g/mol. The van der Waals surface area contributed by atoms with Crippen LogP contribution >= 0.6 is 0 Å². The SMILES string of the molecule is CCC1(C(=O)N2CC(N)C2)CC1. The third kappa shape index (κ3) is 1.04. The molecule has 1 aliphatic heterocycles. The zero-order valence-corrected chi connectivity index (χ0v) is 7.55. The summed E-state index contributed by atoms with van der Waals surface area (Å²) in [6.45, 7) is 3.66. The third-order valence-electron chi connectivity index (χ3n) is 3.18. The van der Waals surface area contributed by atoms with Crippen LogP contribution in [-0.2, 0) is 4.79 Å². The molecule has 2 fully saturated rings. The first-order chi connectivity index (χ1) is 5.68. The minimum absolute atomic E-state index is 0.0418. The van der Waals surface area contributed by atoms with Gasteiger partial charge in [-0.1, -0.05) is 6.92 Å². The van der Waals surface area contributed by atoms with Crippen molar-refractivity contribution in [2.24, 2.45) is 11.1 Å². The number of hydrogen-bond acceptors (Lipinski definition) is 2. The van der Waals surface area contributed by atoms with Crippen molar-refractivity contribution in [3.05, 3.63) is 0 Å². The zero-order chi connectivity index (χ0) is 8.77. The predicted octanol–water partition coefficient (Wildman–Crippen LogP) is 0.346. The third-order valence-corrected chi connectivity index (χ3v) is 3.18. The maximum absolute atomic E-state index is 11.8. The fraction of sp³-hybridized carbons (Fsp3) is 0.889. The van der Waals surface area contributed by atoms with Crippen LogP contribution in [0.15, 0.2) is 0 Å². The Morgan fingerprint density at radius 1 is 1.58 bits per heavy atom. The van der Waals surface area contributed by atoms with Crippen LogP contribution in [-0.4, -0.2) is 29.9 Å². The van der Waals surface area contributed by atoms with E-state index in [0.717, 1.165) is 32.4 Å². The van der Waals surface area contributed by atoms with Gasteiger partial charge in [-0.3, -0.25) is 4.79 Å². The van der Waals surface area contributed by atoms with Gasteiger partial charge in [0.1, 0.15) is 0 Å². The van der Waals surface area contributed by atoms with Crippen molar-refractivity contribution in [2.45, 2.75) is 32.2 Å². The van der Waals surface area contributed by atoms with Crippen LogP contribution < -0.4 is 5.73 Å². The van der Waals surface area contributed by atoms with Gasteiger partial charge in [0.15, 0.2) is 0 Å². The first-order valence-electron chi connectivity index (χ1n) is 4.73. The molecule has 2 N–H and O–H groups in total. The maximum atomic E-state index is 11.8. The summed E-state index contributed by atoms with van der Waals surface area (Å²) >= 11 is 0. The highest BCUT2D eigenvalue weighted by molar-refractivity contribution is 5.86. The molecule has 68 valence electrons. The molecule has 0 spiro atoms. The largest absolute Gasteiger partial charge is 0.339 e. The zero-order valence-electron chi connectivity index (χ0n) is 7.55. The van der Waals surface area contributed by atoms with Crippen molar-refractivity contribution in [3.63, 3.8) is 0 Å². The summed E-state index contributed by atoms with van der Waals surface area (Å²) in [7, 11) is 0. The Morgan fingerprint density at radius 2 is 2.17 bits per heavy atom. The molecular weight excluding hydrogens is 152 g/mol. The van der Waals surface area contributed by atoms with Crippen molar-refractivity contribution in [2.75, 3.05) is 13.1 Å². The second-order valence-electron chi connectivity index (χ2n) is 4.10. The Hall–Kier alpha value is -0.570. The van der Waals surface area contributed by atoms with E-state index in [4.69, 9.17) is 5.73 Å². The molecule has 0 unspecified atom stereocenters. The number of likely N-dealkylation sites (tertiary alicyclic amines) is 1. The Bertz CT molecular complexity index is 205. The number of carbonyl (C=O) groups is 1. The highest BCUT2D eigenvalue weighted by Gasteiger charge is 2.51. The summed E-state index contributed by atoms with van der Waals surface area (Å²) in [5.41, 5.74) is 5.66. The number of nitrogens with zero attached hydrogens (tertiary/aromatic N) is 1. The molecular formula is C9H16N2O. The molecule has 3 heteroatoms. The van der Waals surface area contributed by atoms with E-state index in [2.05, 4.69) is 6.92 Å². The summed E-state index contributed by atoms with van der Waals surface area (Å²) in [4.78, 5) is 13.7. The van der Waals surface area contributed by atoms with Crippen molar-refractivity contribution in [1.82, 2.24) is 4.90 Å². The first-order valence-corrected chi connectivity index (χ1v) is 4.73. The lowest BCUT2D eigenvalue weighted by Crippen LogP contribution is -2.59. The van der Waals surface area contributed by atoms with E-state index >= 15 is 0 Å². The van der Waals surface area contributed by atoms with Gasteiger partial charge in [-0.15, -0.1) is 0 Å². The van der Waals surface area contributed by atoms with Gasteiger partial charge in [-0.25, -0.2) is 0 Å². The van der Waals surface area contributed by atoms with Gasteiger partial charge in [-0.05, 0) is 19.3 Å². The molecule has 2 aliphatic rings. The van der Waals surface area contributed by atoms with E-state index in [9.17, 15) is 4.79 Å². The van der Waals surface area contributed by atoms with E-state index < -0.39 is 0 Å². The van der Waals surface area contributed by atoms with Gasteiger partial charge in [0, 0.05) is 24.5 Å². The van der Waals surface area contributed by atoms with Crippen LogP contribution in [0.3, 0.4) is 0 Å². The Morgan fingerprint density at radius 3 is 2.50 bits per heavy atom. The van der Waals surface area contributed by atoms with E-state index in [0.29, 0.717) is 5.91 Å². The van der Waals surface area contributed by atoms with Crippen molar-refractivity contribution < 1.29 is 4.79 Å². The number of rotatable bonds is 2. The van der Waals surface area contributed by atoms with Crippen LogP contribution in [0, 0.1) is 5.41 Å². The molecule has 0 aromatic heterocycles. The molecule has 1 aliphatic carbocycles. The molecule has 0 radical (unpaired) electrons. The van der Waals surface area contributed by atoms with E-state index in [-0.39, 0.29) is 11.5 Å². The van der Waals surface area contributed by atoms with Gasteiger partial charge in [0.2, 0.25) is 5.91 Å². The van der Waals surface area contributed by atoms with Gasteiger partial charge < -0.3 is 10.6 Å². The molecule has 1 heterocycles. The fourth-order valence-electron chi connectivity index (χ4n) is 1.88. The van der Waals surface area contributed by atoms with Crippen LogP contribution in [0.1, 0.15) is 26.2 Å². The molecule has 0 aromatic carbocycles. The lowest BCUT2D eigenvalue weighted by Gasteiger charge is -2.39. The fourth-order valence-corrected chi connectivity index (χ4v) is 1.88. The number of amides is 1. The summed E-state index contributed by atoms with van der Waals surface area (Å²) in [6.07, 6.45) is 3.18. The molecule has 1 saturated heterocycles. The van der Waals surface area contributed by atoms with Crippen LogP contribution in [0.25, 0.3) is 0 Å². The molecule has 1 amide bonds.